The Bertz CT molecular complexity index is 196. The molecule has 76 valence electrons. The SMILES string of the molecule is CN=C(N)NC1CCCCC1(C)C. The molecule has 0 heterocycles. The van der Waals surface area contributed by atoms with E-state index >= 15 is 0 Å². The topological polar surface area (TPSA) is 50.4 Å². The van der Waals surface area contributed by atoms with Crippen LogP contribution in [0.2, 0.25) is 0 Å². The molecule has 0 amide bonds. The normalized spacial score (nSPS) is 28.5. The van der Waals surface area contributed by atoms with Gasteiger partial charge in [0.05, 0.1) is 0 Å². The van der Waals surface area contributed by atoms with Crippen LogP contribution in [0.1, 0.15) is 39.5 Å². The molecule has 0 aliphatic heterocycles. The summed E-state index contributed by atoms with van der Waals surface area (Å²) in [5.74, 6) is 0.569. The lowest BCUT2D eigenvalue weighted by atomic mass is 9.73. The summed E-state index contributed by atoms with van der Waals surface area (Å²) in [7, 11) is 1.72. The number of guanidine groups is 1. The van der Waals surface area contributed by atoms with Crippen molar-refractivity contribution in [2.24, 2.45) is 16.1 Å². The lowest BCUT2D eigenvalue weighted by molar-refractivity contribution is 0.185. The molecule has 3 nitrogen and oxygen atoms in total. The molecule has 3 heteroatoms. The molecule has 1 aliphatic rings. The first-order valence-electron chi connectivity index (χ1n) is 5.05. The molecule has 0 aromatic carbocycles. The molecule has 0 spiro atoms. The van der Waals surface area contributed by atoms with E-state index in [9.17, 15) is 0 Å². The van der Waals surface area contributed by atoms with Gasteiger partial charge in [-0.1, -0.05) is 26.7 Å². The highest BCUT2D eigenvalue weighted by molar-refractivity contribution is 5.78. The zero-order valence-electron chi connectivity index (χ0n) is 8.93. The van der Waals surface area contributed by atoms with Crippen molar-refractivity contribution in [3.05, 3.63) is 0 Å². The Kier molecular flexibility index (Phi) is 3.17. The smallest absolute Gasteiger partial charge is 0.188 e. The van der Waals surface area contributed by atoms with Crippen molar-refractivity contribution < 1.29 is 0 Å². The molecule has 1 atom stereocenters. The van der Waals surface area contributed by atoms with Gasteiger partial charge >= 0.3 is 0 Å². The minimum Gasteiger partial charge on any atom is -0.370 e. The summed E-state index contributed by atoms with van der Waals surface area (Å²) in [6.45, 7) is 4.60. The summed E-state index contributed by atoms with van der Waals surface area (Å²) in [6.07, 6.45) is 5.14. The zero-order chi connectivity index (χ0) is 9.90. The average Bonchev–Trinajstić information content (AvgIpc) is 2.08. The van der Waals surface area contributed by atoms with Gasteiger partial charge in [0.25, 0.3) is 0 Å². The van der Waals surface area contributed by atoms with E-state index in [1.807, 2.05) is 0 Å². The molecule has 0 aromatic rings. The van der Waals surface area contributed by atoms with Crippen LogP contribution in [-0.4, -0.2) is 19.0 Å². The largest absolute Gasteiger partial charge is 0.370 e. The molecule has 1 rings (SSSR count). The molecule has 0 saturated heterocycles. The summed E-state index contributed by atoms with van der Waals surface area (Å²) in [5.41, 5.74) is 6.02. The third kappa shape index (κ3) is 2.61. The summed E-state index contributed by atoms with van der Waals surface area (Å²) in [5, 5.41) is 3.29. The van der Waals surface area contributed by atoms with Crippen molar-refractivity contribution in [3.8, 4) is 0 Å². The molecule has 0 aromatic heterocycles. The molecular formula is C10H21N3. The second-order valence-electron chi connectivity index (χ2n) is 4.54. The van der Waals surface area contributed by atoms with E-state index in [1.165, 1.54) is 25.7 Å². The molecule has 1 fully saturated rings. The van der Waals surface area contributed by atoms with E-state index in [-0.39, 0.29) is 0 Å². The third-order valence-corrected chi connectivity index (χ3v) is 3.07. The minimum absolute atomic E-state index is 0.355. The van der Waals surface area contributed by atoms with Gasteiger partial charge in [0.15, 0.2) is 5.96 Å². The second kappa shape index (κ2) is 3.99. The predicted molar refractivity (Wildman–Crippen MR) is 56.7 cm³/mol. The summed E-state index contributed by atoms with van der Waals surface area (Å²) in [4.78, 5) is 3.93. The van der Waals surface area contributed by atoms with Gasteiger partial charge in [-0.15, -0.1) is 0 Å². The maximum atomic E-state index is 5.66. The fourth-order valence-corrected chi connectivity index (χ4v) is 2.00. The Hall–Kier alpha value is -0.730. The Labute approximate surface area is 80.8 Å². The van der Waals surface area contributed by atoms with Gasteiger partial charge in [-0.2, -0.15) is 0 Å². The highest BCUT2D eigenvalue weighted by atomic mass is 15.1. The lowest BCUT2D eigenvalue weighted by Crippen LogP contribution is -2.49. The molecule has 0 bridgehead atoms. The molecule has 3 N–H and O–H groups in total. The van der Waals surface area contributed by atoms with Crippen LogP contribution in [0.15, 0.2) is 4.99 Å². The Morgan fingerprint density at radius 1 is 1.46 bits per heavy atom. The first-order valence-corrected chi connectivity index (χ1v) is 5.05. The van der Waals surface area contributed by atoms with Crippen LogP contribution in [0, 0.1) is 5.41 Å². The number of hydrogen-bond acceptors (Lipinski definition) is 1. The molecular weight excluding hydrogens is 162 g/mol. The zero-order valence-corrected chi connectivity index (χ0v) is 8.93. The van der Waals surface area contributed by atoms with Gasteiger partial charge in [-0.3, -0.25) is 4.99 Å². The highest BCUT2D eigenvalue weighted by Crippen LogP contribution is 2.35. The van der Waals surface area contributed by atoms with Crippen LogP contribution < -0.4 is 11.1 Å². The summed E-state index contributed by atoms with van der Waals surface area (Å²) in [6, 6.07) is 0.491. The van der Waals surface area contributed by atoms with Crippen molar-refractivity contribution in [1.82, 2.24) is 5.32 Å². The van der Waals surface area contributed by atoms with Crippen molar-refractivity contribution in [2.45, 2.75) is 45.6 Å². The fraction of sp³-hybridized carbons (Fsp3) is 0.900. The van der Waals surface area contributed by atoms with E-state index in [0.29, 0.717) is 17.4 Å². The van der Waals surface area contributed by atoms with Crippen LogP contribution in [0.5, 0.6) is 0 Å². The Morgan fingerprint density at radius 2 is 2.15 bits per heavy atom. The van der Waals surface area contributed by atoms with Gasteiger partial charge in [0, 0.05) is 13.1 Å². The van der Waals surface area contributed by atoms with E-state index in [2.05, 4.69) is 24.2 Å². The highest BCUT2D eigenvalue weighted by Gasteiger charge is 2.32. The monoisotopic (exact) mass is 183 g/mol. The predicted octanol–water partition coefficient (Wildman–Crippen LogP) is 1.49. The molecule has 1 saturated carbocycles. The maximum Gasteiger partial charge on any atom is 0.188 e. The average molecular weight is 183 g/mol. The van der Waals surface area contributed by atoms with Gasteiger partial charge < -0.3 is 11.1 Å². The van der Waals surface area contributed by atoms with Crippen LogP contribution in [-0.2, 0) is 0 Å². The van der Waals surface area contributed by atoms with E-state index in [1.54, 1.807) is 7.05 Å². The summed E-state index contributed by atoms with van der Waals surface area (Å²) < 4.78 is 0. The van der Waals surface area contributed by atoms with Crippen molar-refractivity contribution >= 4 is 5.96 Å². The number of hydrogen-bond donors (Lipinski definition) is 2. The third-order valence-electron chi connectivity index (χ3n) is 3.07. The van der Waals surface area contributed by atoms with E-state index in [0.717, 1.165) is 0 Å². The lowest BCUT2D eigenvalue weighted by Gasteiger charge is -2.39. The van der Waals surface area contributed by atoms with Crippen molar-refractivity contribution in [1.29, 1.82) is 0 Å². The summed E-state index contributed by atoms with van der Waals surface area (Å²) >= 11 is 0. The van der Waals surface area contributed by atoms with E-state index < -0.39 is 0 Å². The Balaban J connectivity index is 2.56. The van der Waals surface area contributed by atoms with Crippen LogP contribution in [0.25, 0.3) is 0 Å². The minimum atomic E-state index is 0.355. The quantitative estimate of drug-likeness (QED) is 0.478. The molecule has 1 unspecified atom stereocenters. The Morgan fingerprint density at radius 3 is 2.69 bits per heavy atom. The second-order valence-corrected chi connectivity index (χ2v) is 4.54. The number of nitrogens with two attached hydrogens (primary N) is 1. The van der Waals surface area contributed by atoms with Gasteiger partial charge in [-0.05, 0) is 18.3 Å². The first kappa shape index (κ1) is 10.4. The van der Waals surface area contributed by atoms with Crippen molar-refractivity contribution in [3.63, 3.8) is 0 Å². The van der Waals surface area contributed by atoms with Crippen LogP contribution in [0.4, 0.5) is 0 Å². The van der Waals surface area contributed by atoms with Gasteiger partial charge in [0.2, 0.25) is 0 Å². The number of aliphatic imine (C=N–C) groups is 1. The van der Waals surface area contributed by atoms with Crippen LogP contribution >= 0.6 is 0 Å². The van der Waals surface area contributed by atoms with Gasteiger partial charge in [-0.25, -0.2) is 0 Å². The number of nitrogens with one attached hydrogen (secondary N) is 1. The van der Waals surface area contributed by atoms with E-state index in [4.69, 9.17) is 5.73 Å². The standard InChI is InChI=1S/C10H21N3/c1-10(2)7-5-4-6-8(10)13-9(11)12-3/h8H,4-7H2,1-3H3,(H3,11,12,13). The maximum absolute atomic E-state index is 5.66. The molecule has 13 heavy (non-hydrogen) atoms. The van der Waals surface area contributed by atoms with Crippen LogP contribution in [0.3, 0.4) is 0 Å². The number of rotatable bonds is 1. The van der Waals surface area contributed by atoms with Gasteiger partial charge in [0.1, 0.15) is 0 Å². The molecule has 1 aliphatic carbocycles. The number of nitrogens with zero attached hydrogens (tertiary/aromatic N) is 1. The van der Waals surface area contributed by atoms with Crippen molar-refractivity contribution in [2.75, 3.05) is 7.05 Å². The first-order chi connectivity index (χ1) is 6.06. The fourth-order valence-electron chi connectivity index (χ4n) is 2.00. The molecule has 0 radical (unpaired) electrons.